The third-order valence-electron chi connectivity index (χ3n) is 3.33. The number of pyridine rings is 1. The fraction of sp³-hybridized carbons (Fsp3) is 0.0625. The fourth-order valence-electron chi connectivity index (χ4n) is 2.31. The van der Waals surface area contributed by atoms with Crippen molar-refractivity contribution in [1.82, 2.24) is 4.98 Å². The van der Waals surface area contributed by atoms with Crippen LogP contribution < -0.4 is 5.73 Å². The molecule has 0 fully saturated rings. The minimum absolute atomic E-state index is 0.288. The van der Waals surface area contributed by atoms with Gasteiger partial charge in [0, 0.05) is 22.3 Å². The molecule has 1 aromatic heterocycles. The highest BCUT2D eigenvalue weighted by molar-refractivity contribution is 9.10. The second-order valence-corrected chi connectivity index (χ2v) is 5.45. The summed E-state index contributed by atoms with van der Waals surface area (Å²) < 4.78 is 13.8. The molecule has 1 unspecified atom stereocenters. The molecule has 0 amide bonds. The Labute approximate surface area is 124 Å². The molecule has 3 aromatic rings. The van der Waals surface area contributed by atoms with E-state index in [1.54, 1.807) is 12.3 Å². The molecule has 2 nitrogen and oxygen atoms in total. The number of hydrogen-bond donors (Lipinski definition) is 1. The van der Waals surface area contributed by atoms with Crippen molar-refractivity contribution >= 4 is 26.7 Å². The lowest BCUT2D eigenvalue weighted by Gasteiger charge is -2.16. The number of benzene rings is 2. The van der Waals surface area contributed by atoms with Gasteiger partial charge < -0.3 is 5.73 Å². The first-order valence-corrected chi connectivity index (χ1v) is 6.99. The topological polar surface area (TPSA) is 38.9 Å². The first-order valence-electron chi connectivity index (χ1n) is 6.20. The zero-order valence-electron chi connectivity index (χ0n) is 10.6. The smallest absolute Gasteiger partial charge is 0.124 e. The molecule has 20 heavy (non-hydrogen) atoms. The lowest BCUT2D eigenvalue weighted by Crippen LogP contribution is -2.13. The maximum atomic E-state index is 13.2. The molecule has 1 atom stereocenters. The summed E-state index contributed by atoms with van der Waals surface area (Å²) in [5.74, 6) is -0.288. The Hall–Kier alpha value is -1.78. The largest absolute Gasteiger partial charge is 0.320 e. The molecule has 0 spiro atoms. The Morgan fingerprint density at radius 1 is 1.05 bits per heavy atom. The molecule has 0 aliphatic heterocycles. The summed E-state index contributed by atoms with van der Waals surface area (Å²) in [6.07, 6.45) is 3.58. The average molecular weight is 331 g/mol. The number of halogens is 2. The summed E-state index contributed by atoms with van der Waals surface area (Å²) in [6.45, 7) is 0. The SMILES string of the molecule is NC(c1ccc(F)cc1Br)c1cncc2ccccc12. The van der Waals surface area contributed by atoms with Gasteiger partial charge in [-0.3, -0.25) is 4.98 Å². The molecule has 1 heterocycles. The van der Waals surface area contributed by atoms with Crippen LogP contribution in [0.3, 0.4) is 0 Å². The molecular weight excluding hydrogens is 319 g/mol. The van der Waals surface area contributed by atoms with Gasteiger partial charge in [-0.25, -0.2) is 4.39 Å². The Kier molecular flexibility index (Phi) is 3.51. The van der Waals surface area contributed by atoms with Gasteiger partial charge in [0.2, 0.25) is 0 Å². The molecule has 0 aliphatic rings. The lowest BCUT2D eigenvalue weighted by atomic mass is 9.96. The van der Waals surface area contributed by atoms with Gasteiger partial charge in [-0.1, -0.05) is 46.3 Å². The van der Waals surface area contributed by atoms with Crippen LogP contribution in [-0.2, 0) is 0 Å². The van der Waals surface area contributed by atoms with Crippen molar-refractivity contribution < 1.29 is 4.39 Å². The fourth-order valence-corrected chi connectivity index (χ4v) is 2.91. The van der Waals surface area contributed by atoms with E-state index in [1.807, 2.05) is 30.5 Å². The van der Waals surface area contributed by atoms with Crippen molar-refractivity contribution in [2.24, 2.45) is 5.73 Å². The Morgan fingerprint density at radius 2 is 1.85 bits per heavy atom. The minimum Gasteiger partial charge on any atom is -0.320 e. The molecule has 0 radical (unpaired) electrons. The monoisotopic (exact) mass is 330 g/mol. The van der Waals surface area contributed by atoms with Gasteiger partial charge in [0.05, 0.1) is 6.04 Å². The van der Waals surface area contributed by atoms with E-state index in [-0.39, 0.29) is 11.9 Å². The summed E-state index contributed by atoms with van der Waals surface area (Å²) in [6, 6.07) is 12.1. The van der Waals surface area contributed by atoms with E-state index >= 15 is 0 Å². The predicted molar refractivity (Wildman–Crippen MR) is 81.9 cm³/mol. The maximum Gasteiger partial charge on any atom is 0.124 e. The van der Waals surface area contributed by atoms with E-state index in [0.717, 1.165) is 21.9 Å². The summed E-state index contributed by atoms with van der Waals surface area (Å²) in [5.41, 5.74) is 8.10. The highest BCUT2D eigenvalue weighted by Gasteiger charge is 2.15. The third-order valence-corrected chi connectivity index (χ3v) is 4.02. The van der Waals surface area contributed by atoms with Crippen molar-refractivity contribution in [3.8, 4) is 0 Å². The molecule has 100 valence electrons. The number of aromatic nitrogens is 1. The van der Waals surface area contributed by atoms with Crippen LogP contribution in [0.25, 0.3) is 10.8 Å². The quantitative estimate of drug-likeness (QED) is 0.765. The number of nitrogens with zero attached hydrogens (tertiary/aromatic N) is 1. The normalized spacial score (nSPS) is 12.6. The average Bonchev–Trinajstić information content (AvgIpc) is 2.46. The number of hydrogen-bond acceptors (Lipinski definition) is 2. The summed E-state index contributed by atoms with van der Waals surface area (Å²) >= 11 is 3.37. The molecule has 0 aliphatic carbocycles. The number of nitrogens with two attached hydrogens (primary N) is 1. The number of rotatable bonds is 2. The second kappa shape index (κ2) is 5.31. The predicted octanol–water partition coefficient (Wildman–Crippen LogP) is 4.18. The van der Waals surface area contributed by atoms with Crippen molar-refractivity contribution in [3.05, 3.63) is 76.3 Å². The summed E-state index contributed by atoms with van der Waals surface area (Å²) in [5, 5.41) is 2.10. The van der Waals surface area contributed by atoms with Crippen LogP contribution in [0.5, 0.6) is 0 Å². The molecule has 0 saturated heterocycles. The van der Waals surface area contributed by atoms with E-state index in [2.05, 4.69) is 20.9 Å². The van der Waals surface area contributed by atoms with Crippen LogP contribution in [0.15, 0.2) is 59.3 Å². The first-order chi connectivity index (χ1) is 9.66. The van der Waals surface area contributed by atoms with E-state index in [9.17, 15) is 4.39 Å². The molecule has 0 bridgehead atoms. The van der Waals surface area contributed by atoms with Crippen LogP contribution >= 0.6 is 15.9 Å². The minimum atomic E-state index is -0.358. The van der Waals surface area contributed by atoms with Crippen LogP contribution in [0, 0.1) is 5.82 Å². The van der Waals surface area contributed by atoms with Gasteiger partial charge >= 0.3 is 0 Å². The van der Waals surface area contributed by atoms with Crippen molar-refractivity contribution in [2.45, 2.75) is 6.04 Å². The molecule has 2 aromatic carbocycles. The van der Waals surface area contributed by atoms with Gasteiger partial charge in [-0.05, 0) is 28.6 Å². The molecule has 2 N–H and O–H groups in total. The summed E-state index contributed by atoms with van der Waals surface area (Å²) in [4.78, 5) is 4.24. The Balaban J connectivity index is 2.15. The highest BCUT2D eigenvalue weighted by atomic mass is 79.9. The van der Waals surface area contributed by atoms with Gasteiger partial charge in [-0.2, -0.15) is 0 Å². The molecule has 0 saturated carbocycles. The zero-order valence-corrected chi connectivity index (χ0v) is 12.1. The van der Waals surface area contributed by atoms with Crippen molar-refractivity contribution in [3.63, 3.8) is 0 Å². The van der Waals surface area contributed by atoms with Crippen molar-refractivity contribution in [2.75, 3.05) is 0 Å². The summed E-state index contributed by atoms with van der Waals surface area (Å²) in [7, 11) is 0. The second-order valence-electron chi connectivity index (χ2n) is 4.59. The van der Waals surface area contributed by atoms with Crippen LogP contribution in [-0.4, -0.2) is 4.98 Å². The van der Waals surface area contributed by atoms with Crippen LogP contribution in [0.1, 0.15) is 17.2 Å². The highest BCUT2D eigenvalue weighted by Crippen LogP contribution is 2.30. The van der Waals surface area contributed by atoms with Gasteiger partial charge in [-0.15, -0.1) is 0 Å². The maximum absolute atomic E-state index is 13.2. The van der Waals surface area contributed by atoms with E-state index in [0.29, 0.717) is 4.47 Å². The van der Waals surface area contributed by atoms with E-state index in [1.165, 1.54) is 12.1 Å². The van der Waals surface area contributed by atoms with Gasteiger partial charge in [0.15, 0.2) is 0 Å². The zero-order chi connectivity index (χ0) is 14.1. The number of fused-ring (bicyclic) bond motifs is 1. The lowest BCUT2D eigenvalue weighted by molar-refractivity contribution is 0.625. The Bertz CT molecular complexity index is 768. The third kappa shape index (κ3) is 2.32. The molecular formula is C16H12BrFN2. The molecule has 4 heteroatoms. The standard InChI is InChI=1S/C16H12BrFN2/c17-15-7-11(18)5-6-13(15)16(19)14-9-20-8-10-3-1-2-4-12(10)14/h1-9,16H,19H2. The van der Waals surface area contributed by atoms with E-state index < -0.39 is 0 Å². The van der Waals surface area contributed by atoms with Gasteiger partial charge in [0.1, 0.15) is 5.82 Å². The van der Waals surface area contributed by atoms with Gasteiger partial charge in [0.25, 0.3) is 0 Å². The molecule has 3 rings (SSSR count). The Morgan fingerprint density at radius 3 is 2.65 bits per heavy atom. The van der Waals surface area contributed by atoms with Crippen molar-refractivity contribution in [1.29, 1.82) is 0 Å². The van der Waals surface area contributed by atoms with E-state index in [4.69, 9.17) is 5.73 Å². The van der Waals surface area contributed by atoms with Crippen LogP contribution in [0.4, 0.5) is 4.39 Å². The first kappa shape index (κ1) is 13.2. The van der Waals surface area contributed by atoms with Crippen LogP contribution in [0.2, 0.25) is 0 Å².